The predicted molar refractivity (Wildman–Crippen MR) is 213 cm³/mol. The van der Waals surface area contributed by atoms with Gasteiger partial charge in [0.25, 0.3) is 0 Å². The summed E-state index contributed by atoms with van der Waals surface area (Å²) in [6, 6.07) is 61.7. The minimum atomic E-state index is -0.0787. The first-order valence-electron chi connectivity index (χ1n) is 17.5. The third-order valence-electron chi connectivity index (χ3n) is 9.68. The van der Waals surface area contributed by atoms with Crippen LogP contribution in [-0.4, -0.2) is 15.8 Å². The number of fused-ring (bicyclic) bond motifs is 1. The molecule has 4 heteroatoms. The average Bonchev–Trinajstić information content (AvgIpc) is 3.24. The van der Waals surface area contributed by atoms with Crippen molar-refractivity contribution >= 4 is 11.5 Å². The van der Waals surface area contributed by atoms with Gasteiger partial charge in [0.1, 0.15) is 5.84 Å². The number of nitrogens with zero attached hydrogens (tertiary/aromatic N) is 3. The Morgan fingerprint density at radius 1 is 0.404 bits per heavy atom. The lowest BCUT2D eigenvalue weighted by molar-refractivity contribution is 0.750. The highest BCUT2D eigenvalue weighted by atomic mass is 15.1. The van der Waals surface area contributed by atoms with Gasteiger partial charge in [0.05, 0.1) is 17.4 Å². The summed E-state index contributed by atoms with van der Waals surface area (Å²) >= 11 is 0. The summed E-state index contributed by atoms with van der Waals surface area (Å²) in [6.45, 7) is 0. The van der Waals surface area contributed by atoms with E-state index < -0.39 is 0 Å². The van der Waals surface area contributed by atoms with Crippen LogP contribution in [0.4, 0.5) is 5.69 Å². The molecule has 0 aliphatic carbocycles. The lowest BCUT2D eigenvalue weighted by Gasteiger charge is -2.29. The highest BCUT2D eigenvalue weighted by Crippen LogP contribution is 2.39. The number of hydrogen-bond acceptors (Lipinski definition) is 4. The molecule has 52 heavy (non-hydrogen) atoms. The molecule has 1 aliphatic rings. The van der Waals surface area contributed by atoms with Gasteiger partial charge in [0.15, 0.2) is 0 Å². The summed E-state index contributed by atoms with van der Waals surface area (Å²) in [5, 5.41) is 3.87. The van der Waals surface area contributed by atoms with E-state index in [-0.39, 0.29) is 6.04 Å². The zero-order chi connectivity index (χ0) is 34.7. The Morgan fingerprint density at radius 2 is 0.962 bits per heavy atom. The van der Waals surface area contributed by atoms with Crippen LogP contribution in [0.5, 0.6) is 0 Å². The molecule has 1 atom stereocenters. The van der Waals surface area contributed by atoms with Gasteiger partial charge in [-0.1, -0.05) is 133 Å². The van der Waals surface area contributed by atoms with Crippen molar-refractivity contribution in [2.75, 3.05) is 0 Å². The highest BCUT2D eigenvalue weighted by molar-refractivity contribution is 6.04. The molecule has 0 spiro atoms. The van der Waals surface area contributed by atoms with E-state index in [1.807, 2.05) is 36.7 Å². The van der Waals surface area contributed by atoms with Crippen LogP contribution in [-0.2, 0) is 0 Å². The normalized spacial score (nSPS) is 13.5. The molecule has 1 unspecified atom stereocenters. The maximum atomic E-state index is 5.29. The van der Waals surface area contributed by atoms with E-state index >= 15 is 0 Å². The second kappa shape index (κ2) is 13.8. The maximum Gasteiger partial charge on any atom is 0.134 e. The van der Waals surface area contributed by atoms with Gasteiger partial charge in [0, 0.05) is 40.8 Å². The fourth-order valence-electron chi connectivity index (χ4n) is 6.95. The fraction of sp³-hybridized carbons (Fsp3) is 0.0208. The summed E-state index contributed by atoms with van der Waals surface area (Å²) < 4.78 is 0. The molecule has 2 aromatic heterocycles. The first kappa shape index (κ1) is 31.1. The summed E-state index contributed by atoms with van der Waals surface area (Å²) in [5.41, 5.74) is 15.3. The monoisotopic (exact) mass is 666 g/mol. The van der Waals surface area contributed by atoms with Gasteiger partial charge >= 0.3 is 0 Å². The molecule has 0 saturated heterocycles. The van der Waals surface area contributed by atoms with Gasteiger partial charge in [-0.3, -0.25) is 9.97 Å². The molecule has 0 radical (unpaired) electrons. The van der Waals surface area contributed by atoms with Gasteiger partial charge < -0.3 is 5.32 Å². The van der Waals surface area contributed by atoms with Gasteiger partial charge in [-0.15, -0.1) is 0 Å². The van der Waals surface area contributed by atoms with E-state index in [0.717, 1.165) is 67.3 Å². The number of aromatic nitrogens is 2. The average molecular weight is 667 g/mol. The van der Waals surface area contributed by atoms with Gasteiger partial charge in [-0.25, -0.2) is 4.99 Å². The van der Waals surface area contributed by atoms with Crippen LogP contribution in [0.25, 0.3) is 55.8 Å². The third-order valence-corrected chi connectivity index (χ3v) is 9.68. The number of aliphatic imine (C=N–C) groups is 1. The van der Waals surface area contributed by atoms with E-state index in [1.165, 1.54) is 16.7 Å². The second-order valence-corrected chi connectivity index (χ2v) is 13.0. The van der Waals surface area contributed by atoms with Crippen LogP contribution < -0.4 is 5.32 Å². The minimum Gasteiger partial charge on any atom is -0.359 e. The molecule has 1 N–H and O–H groups in total. The van der Waals surface area contributed by atoms with Crippen LogP contribution in [0.15, 0.2) is 200 Å². The minimum absolute atomic E-state index is 0.0787. The Balaban J connectivity index is 1.16. The van der Waals surface area contributed by atoms with Crippen LogP contribution in [0.2, 0.25) is 0 Å². The first-order chi connectivity index (χ1) is 25.7. The van der Waals surface area contributed by atoms with E-state index in [4.69, 9.17) is 9.98 Å². The van der Waals surface area contributed by atoms with Crippen LogP contribution >= 0.6 is 0 Å². The van der Waals surface area contributed by atoms with Crippen molar-refractivity contribution in [3.05, 3.63) is 211 Å². The summed E-state index contributed by atoms with van der Waals surface area (Å²) in [5.74, 6) is 0.831. The van der Waals surface area contributed by atoms with Crippen molar-refractivity contribution in [3.63, 3.8) is 0 Å². The molecule has 246 valence electrons. The van der Waals surface area contributed by atoms with Gasteiger partial charge in [-0.2, -0.15) is 0 Å². The largest absolute Gasteiger partial charge is 0.359 e. The zero-order valence-electron chi connectivity index (χ0n) is 28.4. The Morgan fingerprint density at radius 3 is 1.63 bits per heavy atom. The number of benzene rings is 6. The number of nitrogens with one attached hydrogen (secondary N) is 1. The lowest BCUT2D eigenvalue weighted by Crippen LogP contribution is -2.32. The van der Waals surface area contributed by atoms with Gasteiger partial charge in [-0.05, 0) is 87.0 Å². The first-order valence-corrected chi connectivity index (χ1v) is 17.5. The molecule has 0 fully saturated rings. The molecule has 0 bridgehead atoms. The molecular weight excluding hydrogens is 633 g/mol. The van der Waals surface area contributed by atoms with Crippen LogP contribution in [0.1, 0.15) is 22.7 Å². The number of pyridine rings is 2. The molecule has 1 aliphatic heterocycles. The predicted octanol–water partition coefficient (Wildman–Crippen LogP) is 11.6. The SMILES string of the molecule is c1ccc(-c2ccc3c(c2)C(c2ccccc2)NC(c2cc(-c4ccc(-c5cccnc5)cc4)cc(-c4ccc(-c5ccccc5)nc4)c2)=N3)cc1. The third kappa shape index (κ3) is 6.30. The van der Waals surface area contributed by atoms with Crippen molar-refractivity contribution in [2.45, 2.75) is 6.04 Å². The van der Waals surface area contributed by atoms with Crippen molar-refractivity contribution in [1.82, 2.24) is 15.3 Å². The molecular formula is C48H34N4. The quantitative estimate of drug-likeness (QED) is 0.184. The van der Waals surface area contributed by atoms with Crippen molar-refractivity contribution < 1.29 is 0 Å². The number of rotatable bonds is 7. The molecule has 0 saturated carbocycles. The van der Waals surface area contributed by atoms with Crippen LogP contribution in [0, 0.1) is 0 Å². The molecule has 3 heterocycles. The van der Waals surface area contributed by atoms with E-state index in [2.05, 4.69) is 162 Å². The van der Waals surface area contributed by atoms with Crippen molar-refractivity contribution in [1.29, 1.82) is 0 Å². The summed E-state index contributed by atoms with van der Waals surface area (Å²) in [4.78, 5) is 14.5. The standard InChI is InChI=1S/C48H34N4/c1-4-11-33(12-5-1)38-22-25-46-44(30-38)47(37-15-8-3-9-16-37)52-48(51-46)43-28-41(35-20-18-34(19-21-35)39-17-10-26-49-31-39)27-42(29-43)40-23-24-45(50-32-40)36-13-6-2-7-14-36/h1-32,47H,(H,51,52). The molecule has 0 amide bonds. The van der Waals surface area contributed by atoms with Crippen LogP contribution in [0.3, 0.4) is 0 Å². The smallest absolute Gasteiger partial charge is 0.134 e. The summed E-state index contributed by atoms with van der Waals surface area (Å²) in [7, 11) is 0. The molecule has 4 nitrogen and oxygen atoms in total. The highest BCUT2D eigenvalue weighted by Gasteiger charge is 2.25. The molecule has 8 aromatic rings. The zero-order valence-corrected chi connectivity index (χ0v) is 28.4. The summed E-state index contributed by atoms with van der Waals surface area (Å²) in [6.07, 6.45) is 5.67. The maximum absolute atomic E-state index is 5.29. The number of hydrogen-bond donors (Lipinski definition) is 1. The number of amidine groups is 1. The Kier molecular flexibility index (Phi) is 8.24. The van der Waals surface area contributed by atoms with Gasteiger partial charge in [0.2, 0.25) is 0 Å². The topological polar surface area (TPSA) is 50.2 Å². The lowest BCUT2D eigenvalue weighted by atomic mass is 9.91. The van der Waals surface area contributed by atoms with Crippen molar-refractivity contribution in [3.8, 4) is 55.8 Å². The Labute approximate surface area is 303 Å². The second-order valence-electron chi connectivity index (χ2n) is 13.0. The van der Waals surface area contributed by atoms with E-state index in [0.29, 0.717) is 0 Å². The van der Waals surface area contributed by atoms with E-state index in [1.54, 1.807) is 6.20 Å². The molecule has 9 rings (SSSR count). The Bertz CT molecular complexity index is 2390. The van der Waals surface area contributed by atoms with E-state index in [9.17, 15) is 0 Å². The Hall–Kier alpha value is -6.91. The fourth-order valence-corrected chi connectivity index (χ4v) is 6.95. The molecule has 6 aromatic carbocycles. The van der Waals surface area contributed by atoms with Crippen molar-refractivity contribution in [2.24, 2.45) is 4.99 Å².